The van der Waals surface area contributed by atoms with Crippen LogP contribution in [0.2, 0.25) is 0 Å². The van der Waals surface area contributed by atoms with E-state index in [2.05, 4.69) is 0 Å². The van der Waals surface area contributed by atoms with Gasteiger partial charge in [-0.1, -0.05) is 12.1 Å². The Hall–Kier alpha value is -1.32. The second kappa shape index (κ2) is 6.22. The summed E-state index contributed by atoms with van der Waals surface area (Å²) in [6, 6.07) is 8.05. The van der Waals surface area contributed by atoms with Crippen molar-refractivity contribution < 1.29 is 13.5 Å². The van der Waals surface area contributed by atoms with Gasteiger partial charge in [0.1, 0.15) is 23.1 Å². The van der Waals surface area contributed by atoms with Crippen LogP contribution in [0.1, 0.15) is 11.1 Å². The Morgan fingerprint density at radius 1 is 0.789 bits per heavy atom. The molecule has 0 aliphatic carbocycles. The largest absolute Gasteiger partial charge is 0.456 e. The molecule has 0 N–H and O–H groups in total. The number of benzene rings is 2. The van der Waals surface area contributed by atoms with E-state index < -0.39 is 11.6 Å². The fraction of sp³-hybridized carbons (Fsp3) is 0.143. The third-order valence-electron chi connectivity index (χ3n) is 2.57. The van der Waals surface area contributed by atoms with Gasteiger partial charge in [-0.25, -0.2) is 8.78 Å². The normalized spacial score (nSPS) is 10.5. The third-order valence-corrected chi connectivity index (χ3v) is 3.14. The Kier molecular flexibility index (Phi) is 4.61. The molecule has 0 heterocycles. The van der Waals surface area contributed by atoms with Crippen molar-refractivity contribution in [2.45, 2.75) is 11.8 Å². The SMILES string of the molecule is Fc1ccc(CCl)c(Oc2cc(F)ccc2CCl)c1. The molecule has 0 radical (unpaired) electrons. The molecular weight excluding hydrogens is 293 g/mol. The van der Waals surface area contributed by atoms with E-state index in [0.717, 1.165) is 0 Å². The van der Waals surface area contributed by atoms with Crippen molar-refractivity contribution >= 4 is 23.2 Å². The van der Waals surface area contributed by atoms with Crippen molar-refractivity contribution in [1.29, 1.82) is 0 Å². The van der Waals surface area contributed by atoms with Crippen LogP contribution in [-0.2, 0) is 11.8 Å². The molecule has 0 aliphatic rings. The average Bonchev–Trinajstić information content (AvgIpc) is 2.39. The highest BCUT2D eigenvalue weighted by Gasteiger charge is 2.10. The average molecular weight is 303 g/mol. The summed E-state index contributed by atoms with van der Waals surface area (Å²) in [7, 11) is 0. The van der Waals surface area contributed by atoms with E-state index in [4.69, 9.17) is 27.9 Å². The summed E-state index contributed by atoms with van der Waals surface area (Å²) in [5.41, 5.74) is 1.24. The molecule has 0 saturated carbocycles. The lowest BCUT2D eigenvalue weighted by Crippen LogP contribution is -1.94. The quantitative estimate of drug-likeness (QED) is 0.702. The van der Waals surface area contributed by atoms with E-state index >= 15 is 0 Å². The molecule has 0 saturated heterocycles. The Morgan fingerprint density at radius 2 is 1.21 bits per heavy atom. The summed E-state index contributed by atoms with van der Waals surface area (Å²) in [6.07, 6.45) is 0. The molecule has 0 unspecified atom stereocenters. The Balaban J connectivity index is 2.40. The monoisotopic (exact) mass is 302 g/mol. The zero-order chi connectivity index (χ0) is 13.8. The molecule has 1 nitrogen and oxygen atoms in total. The fourth-order valence-corrected chi connectivity index (χ4v) is 2.03. The van der Waals surface area contributed by atoms with Gasteiger partial charge in [0.15, 0.2) is 0 Å². The first-order valence-corrected chi connectivity index (χ1v) is 6.57. The van der Waals surface area contributed by atoms with Crippen molar-refractivity contribution in [3.63, 3.8) is 0 Å². The predicted octanol–water partition coefficient (Wildman–Crippen LogP) is 5.23. The number of ether oxygens (including phenoxy) is 1. The topological polar surface area (TPSA) is 9.23 Å². The van der Waals surface area contributed by atoms with Gasteiger partial charge in [0, 0.05) is 23.3 Å². The molecule has 2 aromatic rings. The number of halogens is 4. The van der Waals surface area contributed by atoms with Crippen molar-refractivity contribution in [3.05, 3.63) is 59.2 Å². The van der Waals surface area contributed by atoms with E-state index in [1.165, 1.54) is 36.4 Å². The summed E-state index contributed by atoms with van der Waals surface area (Å²) in [6.45, 7) is 0. The molecule has 0 spiro atoms. The van der Waals surface area contributed by atoms with Crippen LogP contribution in [0.15, 0.2) is 36.4 Å². The maximum absolute atomic E-state index is 13.2. The predicted molar refractivity (Wildman–Crippen MR) is 72.0 cm³/mol. The summed E-state index contributed by atoms with van der Waals surface area (Å²) >= 11 is 11.5. The summed E-state index contributed by atoms with van der Waals surface area (Å²) in [5, 5.41) is 0. The van der Waals surface area contributed by atoms with Crippen LogP contribution in [0.3, 0.4) is 0 Å². The van der Waals surface area contributed by atoms with Crippen LogP contribution in [0, 0.1) is 11.6 Å². The first-order valence-electron chi connectivity index (χ1n) is 5.50. The second-order valence-corrected chi connectivity index (χ2v) is 4.41. The van der Waals surface area contributed by atoms with E-state index in [1.54, 1.807) is 0 Å². The molecule has 0 aliphatic heterocycles. The van der Waals surface area contributed by atoms with Gasteiger partial charge in [0.2, 0.25) is 0 Å². The molecule has 2 rings (SSSR count). The highest BCUT2D eigenvalue weighted by atomic mass is 35.5. The van der Waals surface area contributed by atoms with Gasteiger partial charge in [0.05, 0.1) is 11.8 Å². The summed E-state index contributed by atoms with van der Waals surface area (Å²) in [5.74, 6) is -0.0539. The summed E-state index contributed by atoms with van der Waals surface area (Å²) in [4.78, 5) is 0. The molecule has 0 aromatic heterocycles. The minimum absolute atomic E-state index is 0.168. The fourth-order valence-electron chi connectivity index (χ4n) is 1.59. The molecule has 0 bridgehead atoms. The van der Waals surface area contributed by atoms with E-state index in [-0.39, 0.29) is 23.3 Å². The Labute approximate surface area is 119 Å². The minimum atomic E-state index is -0.451. The highest BCUT2D eigenvalue weighted by Crippen LogP contribution is 2.31. The van der Waals surface area contributed by atoms with E-state index in [9.17, 15) is 8.78 Å². The molecule has 100 valence electrons. The van der Waals surface area contributed by atoms with Gasteiger partial charge in [-0.2, -0.15) is 0 Å². The van der Waals surface area contributed by atoms with Crippen LogP contribution in [-0.4, -0.2) is 0 Å². The number of rotatable bonds is 4. The van der Waals surface area contributed by atoms with Crippen LogP contribution < -0.4 is 4.74 Å². The van der Waals surface area contributed by atoms with Gasteiger partial charge in [-0.3, -0.25) is 0 Å². The van der Waals surface area contributed by atoms with Gasteiger partial charge >= 0.3 is 0 Å². The van der Waals surface area contributed by atoms with Crippen molar-refractivity contribution in [2.75, 3.05) is 0 Å². The van der Waals surface area contributed by atoms with Crippen LogP contribution >= 0.6 is 23.2 Å². The number of hydrogen-bond donors (Lipinski definition) is 0. The van der Waals surface area contributed by atoms with Crippen molar-refractivity contribution in [2.24, 2.45) is 0 Å². The Morgan fingerprint density at radius 3 is 1.58 bits per heavy atom. The van der Waals surface area contributed by atoms with Gasteiger partial charge in [0.25, 0.3) is 0 Å². The van der Waals surface area contributed by atoms with Crippen LogP contribution in [0.5, 0.6) is 11.5 Å². The first kappa shape index (κ1) is 14.1. The number of alkyl halides is 2. The van der Waals surface area contributed by atoms with Crippen molar-refractivity contribution in [3.8, 4) is 11.5 Å². The molecule has 5 heteroatoms. The standard InChI is InChI=1S/C14H10Cl2F2O/c15-7-9-1-3-11(17)5-13(9)19-14-6-12(18)4-2-10(14)8-16/h1-6H,7-8H2. The van der Waals surface area contributed by atoms with Gasteiger partial charge < -0.3 is 4.74 Å². The zero-order valence-corrected chi connectivity index (χ0v) is 11.3. The number of hydrogen-bond acceptors (Lipinski definition) is 1. The molecule has 0 fully saturated rings. The molecule has 0 amide bonds. The zero-order valence-electron chi connectivity index (χ0n) is 9.80. The van der Waals surface area contributed by atoms with E-state index in [0.29, 0.717) is 11.1 Å². The molecular formula is C14H10Cl2F2O. The second-order valence-electron chi connectivity index (χ2n) is 3.87. The first-order chi connectivity index (χ1) is 9.13. The Bertz CT molecular complexity index is 536. The van der Waals surface area contributed by atoms with Crippen LogP contribution in [0.4, 0.5) is 8.78 Å². The smallest absolute Gasteiger partial charge is 0.134 e. The van der Waals surface area contributed by atoms with Gasteiger partial charge in [-0.15, -0.1) is 23.2 Å². The minimum Gasteiger partial charge on any atom is -0.456 e. The molecule has 0 atom stereocenters. The maximum Gasteiger partial charge on any atom is 0.134 e. The third kappa shape index (κ3) is 3.37. The lowest BCUT2D eigenvalue weighted by atomic mass is 10.2. The van der Waals surface area contributed by atoms with E-state index in [1.807, 2.05) is 0 Å². The molecule has 2 aromatic carbocycles. The van der Waals surface area contributed by atoms with Crippen LogP contribution in [0.25, 0.3) is 0 Å². The maximum atomic E-state index is 13.2. The van der Waals surface area contributed by atoms with Crippen molar-refractivity contribution in [1.82, 2.24) is 0 Å². The highest BCUT2D eigenvalue weighted by molar-refractivity contribution is 6.17. The lowest BCUT2D eigenvalue weighted by molar-refractivity contribution is 0.463. The lowest BCUT2D eigenvalue weighted by Gasteiger charge is -2.12. The van der Waals surface area contributed by atoms with Gasteiger partial charge in [-0.05, 0) is 12.1 Å². The summed E-state index contributed by atoms with van der Waals surface area (Å²) < 4.78 is 32.0. The molecule has 19 heavy (non-hydrogen) atoms.